The van der Waals surface area contributed by atoms with E-state index in [4.69, 9.17) is 0 Å². The molecule has 7 heteroatoms. The lowest BCUT2D eigenvalue weighted by molar-refractivity contribution is 0.400. The van der Waals surface area contributed by atoms with Crippen molar-refractivity contribution in [2.75, 3.05) is 0 Å². The smallest absolute Gasteiger partial charge is 0.244 e. The van der Waals surface area contributed by atoms with E-state index in [9.17, 15) is 8.42 Å². The van der Waals surface area contributed by atoms with E-state index in [1.807, 2.05) is 13.8 Å². The number of nitrogens with one attached hydrogen (secondary N) is 3. The van der Waals surface area contributed by atoms with E-state index in [0.717, 1.165) is 12.8 Å². The van der Waals surface area contributed by atoms with Gasteiger partial charge in [0.2, 0.25) is 10.0 Å². The molecule has 0 bridgehead atoms. The van der Waals surface area contributed by atoms with Crippen LogP contribution in [0.2, 0.25) is 0 Å². The summed E-state index contributed by atoms with van der Waals surface area (Å²) >= 11 is 0. The Balaban J connectivity index is 1.81. The zero-order valence-electron chi connectivity index (χ0n) is 12.9. The van der Waals surface area contributed by atoms with Crippen molar-refractivity contribution in [2.45, 2.75) is 69.5 Å². The van der Waals surface area contributed by atoms with E-state index >= 15 is 0 Å². The highest BCUT2D eigenvalue weighted by atomic mass is 32.2. The summed E-state index contributed by atoms with van der Waals surface area (Å²) in [5.74, 6) is 0.438. The van der Waals surface area contributed by atoms with Gasteiger partial charge in [-0.3, -0.25) is 5.10 Å². The number of aromatic nitrogens is 2. The molecule has 3 rings (SSSR count). The van der Waals surface area contributed by atoms with Crippen molar-refractivity contribution in [3.8, 4) is 0 Å². The van der Waals surface area contributed by atoms with Gasteiger partial charge in [-0.2, -0.15) is 5.10 Å². The Bertz CT molecular complexity index is 627. The second-order valence-electron chi connectivity index (χ2n) is 6.88. The number of sulfonamides is 1. The molecule has 21 heavy (non-hydrogen) atoms. The summed E-state index contributed by atoms with van der Waals surface area (Å²) < 4.78 is 28.4. The second-order valence-corrected chi connectivity index (χ2v) is 8.50. The zero-order valence-corrected chi connectivity index (χ0v) is 13.7. The Morgan fingerprint density at radius 1 is 1.29 bits per heavy atom. The Morgan fingerprint density at radius 2 is 1.95 bits per heavy atom. The van der Waals surface area contributed by atoms with Crippen molar-refractivity contribution < 1.29 is 8.42 Å². The normalized spacial score (nSPS) is 20.0. The van der Waals surface area contributed by atoms with Gasteiger partial charge in [0, 0.05) is 18.1 Å². The van der Waals surface area contributed by atoms with Crippen LogP contribution in [0.25, 0.3) is 0 Å². The number of hydrogen-bond donors (Lipinski definition) is 3. The Kier molecular flexibility index (Phi) is 3.62. The van der Waals surface area contributed by atoms with E-state index in [0.29, 0.717) is 34.8 Å². The van der Waals surface area contributed by atoms with E-state index in [-0.39, 0.29) is 0 Å². The molecule has 0 radical (unpaired) electrons. The first kappa shape index (κ1) is 15.0. The van der Waals surface area contributed by atoms with E-state index in [1.54, 1.807) is 6.92 Å². The van der Waals surface area contributed by atoms with Crippen LogP contribution in [0.1, 0.15) is 50.9 Å². The van der Waals surface area contributed by atoms with Crippen molar-refractivity contribution in [3.05, 3.63) is 11.4 Å². The van der Waals surface area contributed by atoms with Crippen LogP contribution in [0.3, 0.4) is 0 Å². The molecule has 118 valence electrons. The Labute approximate surface area is 126 Å². The minimum Gasteiger partial charge on any atom is -0.308 e. The van der Waals surface area contributed by atoms with Gasteiger partial charge < -0.3 is 5.32 Å². The van der Waals surface area contributed by atoms with Gasteiger partial charge in [-0.25, -0.2) is 13.1 Å². The molecule has 1 aromatic heterocycles. The molecule has 2 saturated carbocycles. The molecule has 0 saturated heterocycles. The molecule has 0 aromatic carbocycles. The number of hydrogen-bond acceptors (Lipinski definition) is 4. The van der Waals surface area contributed by atoms with Crippen molar-refractivity contribution >= 4 is 10.0 Å². The topological polar surface area (TPSA) is 86.9 Å². The fraction of sp³-hybridized carbons (Fsp3) is 0.786. The van der Waals surface area contributed by atoms with Gasteiger partial charge in [-0.05, 0) is 52.4 Å². The lowest BCUT2D eigenvalue weighted by Crippen LogP contribution is -2.45. The monoisotopic (exact) mass is 312 g/mol. The molecule has 0 spiro atoms. The lowest BCUT2D eigenvalue weighted by atomic mass is 10.0. The van der Waals surface area contributed by atoms with Crippen LogP contribution < -0.4 is 10.0 Å². The SMILES string of the molecule is Cc1[nH]nc(CNC2CC2)c1S(=O)(=O)NC(C)(C)C1CC1. The molecule has 0 amide bonds. The first-order chi connectivity index (χ1) is 9.79. The van der Waals surface area contributed by atoms with Crippen LogP contribution in [0.4, 0.5) is 0 Å². The highest BCUT2D eigenvalue weighted by molar-refractivity contribution is 7.89. The first-order valence-corrected chi connectivity index (χ1v) is 9.09. The van der Waals surface area contributed by atoms with Crippen molar-refractivity contribution in [2.24, 2.45) is 5.92 Å². The number of rotatable bonds is 7. The highest BCUT2D eigenvalue weighted by Crippen LogP contribution is 2.40. The lowest BCUT2D eigenvalue weighted by Gasteiger charge is -2.25. The second kappa shape index (κ2) is 5.07. The summed E-state index contributed by atoms with van der Waals surface area (Å²) in [6.45, 7) is 6.17. The molecule has 2 aliphatic rings. The largest absolute Gasteiger partial charge is 0.308 e. The number of H-pyrrole nitrogens is 1. The molecule has 6 nitrogen and oxygen atoms in total. The molecular weight excluding hydrogens is 288 g/mol. The standard InChI is InChI=1S/C14H24N4O2S/c1-9-13(12(17-16-9)8-15-11-6-7-11)21(19,20)18-14(2,3)10-4-5-10/h10-11,15,18H,4-8H2,1-3H3,(H,16,17). The van der Waals surface area contributed by atoms with Crippen LogP contribution >= 0.6 is 0 Å². The molecule has 0 atom stereocenters. The van der Waals surface area contributed by atoms with Crippen LogP contribution in [-0.4, -0.2) is 30.2 Å². The van der Waals surface area contributed by atoms with E-state index < -0.39 is 15.6 Å². The van der Waals surface area contributed by atoms with E-state index in [2.05, 4.69) is 20.2 Å². The number of aryl methyl sites for hydroxylation is 1. The first-order valence-electron chi connectivity index (χ1n) is 7.61. The predicted octanol–water partition coefficient (Wildman–Crippen LogP) is 1.44. The molecule has 1 aromatic rings. The number of nitrogens with zero attached hydrogens (tertiary/aromatic N) is 1. The van der Waals surface area contributed by atoms with Gasteiger partial charge >= 0.3 is 0 Å². The van der Waals surface area contributed by atoms with E-state index in [1.165, 1.54) is 12.8 Å². The Morgan fingerprint density at radius 3 is 2.52 bits per heavy atom. The van der Waals surface area contributed by atoms with Gasteiger partial charge in [0.25, 0.3) is 0 Å². The number of aromatic amines is 1. The third-order valence-electron chi connectivity index (χ3n) is 4.36. The fourth-order valence-corrected chi connectivity index (χ4v) is 4.60. The average Bonchev–Trinajstić information content (AvgIpc) is 3.23. The summed E-state index contributed by atoms with van der Waals surface area (Å²) in [6, 6.07) is 0.522. The molecule has 3 N–H and O–H groups in total. The van der Waals surface area contributed by atoms with Gasteiger partial charge in [0.1, 0.15) is 4.90 Å². The molecular formula is C14H24N4O2S. The van der Waals surface area contributed by atoms with Gasteiger partial charge in [0.15, 0.2) is 0 Å². The summed E-state index contributed by atoms with van der Waals surface area (Å²) in [7, 11) is -3.55. The maximum atomic E-state index is 12.7. The third kappa shape index (κ3) is 3.30. The van der Waals surface area contributed by atoms with Gasteiger partial charge in [0.05, 0.1) is 11.4 Å². The molecule has 0 unspecified atom stereocenters. The van der Waals surface area contributed by atoms with Crippen molar-refractivity contribution in [1.29, 1.82) is 0 Å². The summed E-state index contributed by atoms with van der Waals surface area (Å²) in [5.41, 5.74) is 0.782. The molecule has 2 aliphatic carbocycles. The third-order valence-corrected chi connectivity index (χ3v) is 6.24. The molecule has 0 aliphatic heterocycles. The maximum Gasteiger partial charge on any atom is 0.244 e. The average molecular weight is 312 g/mol. The molecule has 1 heterocycles. The summed E-state index contributed by atoms with van der Waals surface area (Å²) in [5, 5.41) is 10.3. The quantitative estimate of drug-likeness (QED) is 0.711. The van der Waals surface area contributed by atoms with Gasteiger partial charge in [-0.15, -0.1) is 0 Å². The van der Waals surface area contributed by atoms with Crippen LogP contribution in [-0.2, 0) is 16.6 Å². The molecule has 2 fully saturated rings. The van der Waals surface area contributed by atoms with Crippen LogP contribution in [0.5, 0.6) is 0 Å². The summed E-state index contributed by atoms with van der Waals surface area (Å²) in [4.78, 5) is 0.310. The van der Waals surface area contributed by atoms with Crippen molar-refractivity contribution in [1.82, 2.24) is 20.2 Å². The van der Waals surface area contributed by atoms with Crippen LogP contribution in [0, 0.1) is 12.8 Å². The minimum atomic E-state index is -3.55. The van der Waals surface area contributed by atoms with Gasteiger partial charge in [-0.1, -0.05) is 0 Å². The Hall–Kier alpha value is -0.920. The highest BCUT2D eigenvalue weighted by Gasteiger charge is 2.41. The van der Waals surface area contributed by atoms with Crippen molar-refractivity contribution in [3.63, 3.8) is 0 Å². The fourth-order valence-electron chi connectivity index (χ4n) is 2.76. The zero-order chi connectivity index (χ0) is 15.3. The van der Waals surface area contributed by atoms with Crippen LogP contribution in [0.15, 0.2) is 4.90 Å². The predicted molar refractivity (Wildman–Crippen MR) is 80.3 cm³/mol. The summed E-state index contributed by atoms with van der Waals surface area (Å²) in [6.07, 6.45) is 4.52. The minimum absolute atomic E-state index is 0.310. The maximum absolute atomic E-state index is 12.7.